The highest BCUT2D eigenvalue weighted by atomic mass is 16.5. The van der Waals surface area contributed by atoms with E-state index in [9.17, 15) is 0 Å². The monoisotopic (exact) mass is 570 g/mol. The van der Waals surface area contributed by atoms with Crippen LogP contribution in [0.4, 0.5) is 0 Å². The Morgan fingerprint density at radius 1 is 0.568 bits per heavy atom. The third-order valence-corrected chi connectivity index (χ3v) is 9.38. The third kappa shape index (κ3) is 3.79. The van der Waals surface area contributed by atoms with Crippen LogP contribution in [-0.4, -0.2) is 0 Å². The second-order valence-electron chi connectivity index (χ2n) is 12.1. The van der Waals surface area contributed by atoms with E-state index in [0.717, 1.165) is 40.5 Å². The predicted molar refractivity (Wildman–Crippen MR) is 172 cm³/mol. The number of benzene rings is 6. The van der Waals surface area contributed by atoms with E-state index in [0.29, 0.717) is 6.61 Å². The molecule has 44 heavy (non-hydrogen) atoms. The van der Waals surface area contributed by atoms with Crippen molar-refractivity contribution in [1.29, 1.82) is 0 Å². The maximum absolute atomic E-state index is 6.71. The smallest absolute Gasteiger partial charge is 0.151 e. The van der Waals surface area contributed by atoms with E-state index in [1.54, 1.807) is 0 Å². The van der Waals surface area contributed by atoms with Gasteiger partial charge < -0.3 is 14.2 Å². The lowest BCUT2D eigenvalue weighted by Gasteiger charge is -2.37. The molecular weight excluding hydrogens is 540 g/mol. The second-order valence-corrected chi connectivity index (χ2v) is 12.1. The lowest BCUT2D eigenvalue weighted by Crippen LogP contribution is -2.32. The van der Waals surface area contributed by atoms with Crippen molar-refractivity contribution in [2.24, 2.45) is 0 Å². The number of rotatable bonds is 3. The highest BCUT2D eigenvalue weighted by Crippen LogP contribution is 2.56. The van der Waals surface area contributed by atoms with Gasteiger partial charge in [-0.1, -0.05) is 109 Å². The van der Waals surface area contributed by atoms with Crippen LogP contribution in [0.5, 0.6) is 23.0 Å². The zero-order chi connectivity index (χ0) is 29.3. The normalized spacial score (nSPS) is 18.7. The van der Waals surface area contributed by atoms with Crippen LogP contribution in [0.25, 0.3) is 0 Å². The van der Waals surface area contributed by atoms with E-state index in [4.69, 9.17) is 14.2 Å². The van der Waals surface area contributed by atoms with Gasteiger partial charge in [0.1, 0.15) is 23.0 Å². The first kappa shape index (κ1) is 25.4. The zero-order valence-electron chi connectivity index (χ0n) is 24.4. The predicted octanol–water partition coefficient (Wildman–Crippen LogP) is 9.80. The Labute approximate surface area is 257 Å². The largest absolute Gasteiger partial charge is 0.457 e. The van der Waals surface area contributed by atoms with Gasteiger partial charge in [-0.05, 0) is 71.0 Å². The Hall–Kier alpha value is -5.12. The van der Waals surface area contributed by atoms with Gasteiger partial charge in [0.05, 0.1) is 6.61 Å². The molecule has 0 bridgehead atoms. The van der Waals surface area contributed by atoms with Gasteiger partial charge in [0, 0.05) is 28.2 Å². The van der Waals surface area contributed by atoms with Gasteiger partial charge in [-0.15, -0.1) is 0 Å². The van der Waals surface area contributed by atoms with Crippen molar-refractivity contribution in [3.05, 3.63) is 189 Å². The van der Waals surface area contributed by atoms with Crippen LogP contribution in [0.2, 0.25) is 0 Å². The molecule has 0 radical (unpaired) electrons. The van der Waals surface area contributed by atoms with Crippen molar-refractivity contribution >= 4 is 0 Å². The fourth-order valence-corrected chi connectivity index (χ4v) is 7.37. The molecule has 2 unspecified atom stereocenters. The maximum Gasteiger partial charge on any atom is 0.151 e. The van der Waals surface area contributed by atoms with Gasteiger partial charge in [0.2, 0.25) is 0 Å². The van der Waals surface area contributed by atoms with Gasteiger partial charge in [-0.25, -0.2) is 0 Å². The fraction of sp³-hybridized carbons (Fsp3) is 0.122. The van der Waals surface area contributed by atoms with Crippen molar-refractivity contribution in [2.75, 3.05) is 0 Å². The minimum Gasteiger partial charge on any atom is -0.457 e. The molecule has 3 nitrogen and oxygen atoms in total. The Morgan fingerprint density at radius 2 is 1.20 bits per heavy atom. The lowest BCUT2D eigenvalue weighted by atomic mass is 9.77. The van der Waals surface area contributed by atoms with Crippen LogP contribution < -0.4 is 9.47 Å². The van der Waals surface area contributed by atoms with Gasteiger partial charge >= 0.3 is 0 Å². The molecule has 0 N–H and O–H groups in total. The standard InChI is InChI=1S/C41H30O3/c1-26-15-18-31-37(21-26)44-38-23-27(16-19-32(38)40(31)29-9-3-2-4-10-29)22-28-17-20-35-39(24-28)43-36-14-8-7-13-34(36)41(35)33-12-6-5-11-30(33)25-42-41/h2-21,23-24,40H,22,25H2,1H3. The topological polar surface area (TPSA) is 27.7 Å². The molecule has 0 aliphatic carbocycles. The summed E-state index contributed by atoms with van der Waals surface area (Å²) in [6.45, 7) is 2.69. The summed E-state index contributed by atoms with van der Waals surface area (Å²) < 4.78 is 19.8. The van der Waals surface area contributed by atoms with Crippen LogP contribution in [0, 0.1) is 6.92 Å². The van der Waals surface area contributed by atoms with Gasteiger partial charge in [-0.2, -0.15) is 0 Å². The molecule has 3 aliphatic heterocycles. The molecule has 0 aromatic heterocycles. The van der Waals surface area contributed by atoms with Crippen molar-refractivity contribution in [2.45, 2.75) is 31.5 Å². The molecular formula is C41H30O3. The van der Waals surface area contributed by atoms with Crippen LogP contribution in [0.3, 0.4) is 0 Å². The molecule has 212 valence electrons. The molecule has 0 saturated heterocycles. The Morgan fingerprint density at radius 3 is 2.07 bits per heavy atom. The number of hydrogen-bond acceptors (Lipinski definition) is 3. The Kier molecular flexibility index (Phi) is 5.60. The fourth-order valence-electron chi connectivity index (χ4n) is 7.37. The van der Waals surface area contributed by atoms with E-state index in [1.807, 2.05) is 12.1 Å². The first-order valence-electron chi connectivity index (χ1n) is 15.3. The molecule has 1 spiro atoms. The van der Waals surface area contributed by atoms with Crippen LogP contribution >= 0.6 is 0 Å². The third-order valence-electron chi connectivity index (χ3n) is 9.38. The highest BCUT2D eigenvalue weighted by Gasteiger charge is 2.49. The maximum atomic E-state index is 6.71. The molecule has 0 amide bonds. The van der Waals surface area contributed by atoms with Crippen molar-refractivity contribution < 1.29 is 14.2 Å². The van der Waals surface area contributed by atoms with Crippen molar-refractivity contribution in [1.82, 2.24) is 0 Å². The second kappa shape index (κ2) is 9.70. The first-order chi connectivity index (χ1) is 21.7. The molecule has 3 heteroatoms. The van der Waals surface area contributed by atoms with E-state index < -0.39 is 5.60 Å². The summed E-state index contributed by atoms with van der Waals surface area (Å²) in [6, 6.07) is 47.3. The summed E-state index contributed by atoms with van der Waals surface area (Å²) in [6.07, 6.45) is 0.760. The number of fused-ring (bicyclic) bond motifs is 8. The molecule has 0 saturated carbocycles. The molecule has 3 heterocycles. The van der Waals surface area contributed by atoms with Crippen molar-refractivity contribution in [3.63, 3.8) is 0 Å². The zero-order valence-corrected chi connectivity index (χ0v) is 24.4. The average Bonchev–Trinajstić information content (AvgIpc) is 3.44. The summed E-state index contributed by atoms with van der Waals surface area (Å²) in [5.74, 6) is 3.68. The summed E-state index contributed by atoms with van der Waals surface area (Å²) >= 11 is 0. The van der Waals surface area contributed by atoms with E-state index >= 15 is 0 Å². The quantitative estimate of drug-likeness (QED) is 0.212. The minimum absolute atomic E-state index is 0.132. The summed E-state index contributed by atoms with van der Waals surface area (Å²) in [5.41, 5.74) is 11.1. The lowest BCUT2D eigenvalue weighted by molar-refractivity contribution is 0.0199. The molecule has 0 fully saturated rings. The minimum atomic E-state index is -0.670. The van der Waals surface area contributed by atoms with Crippen LogP contribution in [-0.2, 0) is 23.4 Å². The number of ether oxygens (including phenoxy) is 3. The first-order valence-corrected chi connectivity index (χ1v) is 15.3. The molecule has 6 aromatic rings. The molecule has 2 atom stereocenters. The van der Waals surface area contributed by atoms with E-state index in [2.05, 4.69) is 128 Å². The number of para-hydroxylation sites is 1. The SMILES string of the molecule is Cc1ccc2c(c1)Oc1cc(Cc3ccc4c(c3)Oc3ccccc3C43OCc4ccccc43)ccc1C2c1ccccc1. The molecule has 6 aromatic carbocycles. The van der Waals surface area contributed by atoms with E-state index in [1.165, 1.54) is 44.5 Å². The Balaban J connectivity index is 1.10. The van der Waals surface area contributed by atoms with Crippen LogP contribution in [0.1, 0.15) is 61.6 Å². The average molecular weight is 571 g/mol. The van der Waals surface area contributed by atoms with Crippen molar-refractivity contribution in [3.8, 4) is 23.0 Å². The van der Waals surface area contributed by atoms with Gasteiger partial charge in [0.15, 0.2) is 5.60 Å². The number of aryl methyl sites for hydroxylation is 1. The summed E-state index contributed by atoms with van der Waals surface area (Å²) in [4.78, 5) is 0. The highest BCUT2D eigenvalue weighted by molar-refractivity contribution is 5.65. The van der Waals surface area contributed by atoms with E-state index in [-0.39, 0.29) is 5.92 Å². The molecule has 3 aliphatic rings. The number of hydrogen-bond donors (Lipinski definition) is 0. The Bertz CT molecular complexity index is 2080. The molecule has 9 rings (SSSR count). The van der Waals surface area contributed by atoms with Gasteiger partial charge in [0.25, 0.3) is 0 Å². The summed E-state index contributed by atoms with van der Waals surface area (Å²) in [7, 11) is 0. The van der Waals surface area contributed by atoms with Gasteiger partial charge in [-0.3, -0.25) is 0 Å². The summed E-state index contributed by atoms with van der Waals surface area (Å²) in [5, 5.41) is 0. The van der Waals surface area contributed by atoms with Crippen LogP contribution in [0.15, 0.2) is 133 Å².